The van der Waals surface area contributed by atoms with Crippen LogP contribution in [0.25, 0.3) is 0 Å². The van der Waals surface area contributed by atoms with Crippen molar-refractivity contribution in [1.29, 1.82) is 0 Å². The summed E-state index contributed by atoms with van der Waals surface area (Å²) in [5.41, 5.74) is 1.85. The molecule has 0 bridgehead atoms. The molecule has 5 nitrogen and oxygen atoms in total. The Morgan fingerprint density at radius 2 is 1.48 bits per heavy atom. The van der Waals surface area contributed by atoms with E-state index in [1.807, 2.05) is 60.7 Å². The smallest absolute Gasteiger partial charge is 0.323 e. The molecule has 0 saturated heterocycles. The predicted molar refractivity (Wildman–Crippen MR) is 85.6 cm³/mol. The van der Waals surface area contributed by atoms with Gasteiger partial charge in [-0.3, -0.25) is 9.59 Å². The molecule has 2 rings (SSSR count). The van der Waals surface area contributed by atoms with Gasteiger partial charge >= 0.3 is 5.97 Å². The number of nitrogens with zero attached hydrogens (tertiary/aromatic N) is 1. The Hall–Kier alpha value is -2.66. The Labute approximate surface area is 135 Å². The summed E-state index contributed by atoms with van der Waals surface area (Å²) in [6.45, 7) is 0.0803. The first-order valence-electron chi connectivity index (χ1n) is 7.30. The highest BCUT2D eigenvalue weighted by molar-refractivity contribution is 5.82. The van der Waals surface area contributed by atoms with E-state index in [-0.39, 0.29) is 25.6 Å². The summed E-state index contributed by atoms with van der Waals surface area (Å²) >= 11 is 0. The molecule has 1 N–H and O–H groups in total. The minimum Gasteiger partial charge on any atom is -0.480 e. The van der Waals surface area contributed by atoms with Crippen LogP contribution in [0.1, 0.15) is 11.1 Å². The van der Waals surface area contributed by atoms with Crippen molar-refractivity contribution >= 4 is 11.9 Å². The fourth-order valence-corrected chi connectivity index (χ4v) is 2.12. The van der Waals surface area contributed by atoms with E-state index in [9.17, 15) is 9.59 Å². The molecule has 0 aliphatic carbocycles. The molecule has 0 heterocycles. The molecule has 2 aromatic carbocycles. The number of carboxylic acids is 1. The van der Waals surface area contributed by atoms with E-state index in [4.69, 9.17) is 9.84 Å². The molecule has 5 heteroatoms. The zero-order valence-electron chi connectivity index (χ0n) is 12.7. The highest BCUT2D eigenvalue weighted by atomic mass is 16.5. The van der Waals surface area contributed by atoms with E-state index < -0.39 is 5.97 Å². The molecule has 1 amide bonds. The van der Waals surface area contributed by atoms with Crippen LogP contribution in [0.2, 0.25) is 0 Å². The van der Waals surface area contributed by atoms with E-state index in [0.717, 1.165) is 11.1 Å². The number of carbonyl (C=O) groups excluding carboxylic acids is 1. The van der Waals surface area contributed by atoms with E-state index in [1.165, 1.54) is 4.90 Å². The van der Waals surface area contributed by atoms with Crippen LogP contribution in [0.15, 0.2) is 60.7 Å². The summed E-state index contributed by atoms with van der Waals surface area (Å²) < 4.78 is 5.40. The third kappa shape index (κ3) is 5.92. The number of carbonyl (C=O) groups is 2. The maximum Gasteiger partial charge on any atom is 0.323 e. The average Bonchev–Trinajstić information content (AvgIpc) is 2.56. The fraction of sp³-hybridized carbons (Fsp3) is 0.222. The van der Waals surface area contributed by atoms with Crippen LogP contribution >= 0.6 is 0 Å². The quantitative estimate of drug-likeness (QED) is 0.812. The van der Waals surface area contributed by atoms with Gasteiger partial charge in [-0.1, -0.05) is 60.7 Å². The number of hydrogen-bond acceptors (Lipinski definition) is 3. The van der Waals surface area contributed by atoms with Crippen LogP contribution in [0, 0.1) is 0 Å². The molecule has 2 aromatic rings. The second-order valence-electron chi connectivity index (χ2n) is 5.11. The highest BCUT2D eigenvalue weighted by Crippen LogP contribution is 2.06. The lowest BCUT2D eigenvalue weighted by molar-refractivity contribution is -0.147. The van der Waals surface area contributed by atoms with Gasteiger partial charge in [0.25, 0.3) is 0 Å². The van der Waals surface area contributed by atoms with Gasteiger partial charge < -0.3 is 14.7 Å². The van der Waals surface area contributed by atoms with Gasteiger partial charge in [-0.05, 0) is 11.1 Å². The summed E-state index contributed by atoms with van der Waals surface area (Å²) in [7, 11) is 0. The van der Waals surface area contributed by atoms with Crippen LogP contribution in [0.4, 0.5) is 0 Å². The highest BCUT2D eigenvalue weighted by Gasteiger charge is 2.17. The number of benzene rings is 2. The minimum absolute atomic E-state index is 0.144. The van der Waals surface area contributed by atoms with Crippen LogP contribution in [-0.2, 0) is 27.5 Å². The summed E-state index contributed by atoms with van der Waals surface area (Å²) in [5.74, 6) is -1.38. The standard InChI is InChI=1S/C18H19NO4/c20-17(14-23-13-16-9-5-2-6-10-16)19(12-18(21)22)11-15-7-3-1-4-8-15/h1-10H,11-14H2,(H,21,22). The van der Waals surface area contributed by atoms with Gasteiger partial charge in [0.1, 0.15) is 13.2 Å². The number of hydrogen-bond donors (Lipinski definition) is 1. The Morgan fingerprint density at radius 3 is 2.04 bits per heavy atom. The van der Waals surface area contributed by atoms with Crippen molar-refractivity contribution in [2.45, 2.75) is 13.2 Å². The molecule has 0 radical (unpaired) electrons. The third-order valence-corrected chi connectivity index (χ3v) is 3.23. The van der Waals surface area contributed by atoms with Gasteiger partial charge in [-0.25, -0.2) is 0 Å². The van der Waals surface area contributed by atoms with Gasteiger partial charge in [0, 0.05) is 6.54 Å². The Bertz CT molecular complexity index is 628. The number of rotatable bonds is 8. The average molecular weight is 313 g/mol. The zero-order chi connectivity index (χ0) is 16.5. The topological polar surface area (TPSA) is 66.8 Å². The summed E-state index contributed by atoms with van der Waals surface area (Å²) in [6.07, 6.45) is 0. The second kappa shape index (κ2) is 8.70. The van der Waals surface area contributed by atoms with E-state index >= 15 is 0 Å². The normalized spacial score (nSPS) is 10.3. The fourth-order valence-electron chi connectivity index (χ4n) is 2.12. The van der Waals surface area contributed by atoms with Crippen molar-refractivity contribution in [2.24, 2.45) is 0 Å². The Morgan fingerprint density at radius 1 is 0.913 bits per heavy atom. The van der Waals surface area contributed by atoms with Crippen LogP contribution in [0.5, 0.6) is 0 Å². The van der Waals surface area contributed by atoms with Crippen molar-refractivity contribution in [2.75, 3.05) is 13.2 Å². The maximum atomic E-state index is 12.2. The lowest BCUT2D eigenvalue weighted by Gasteiger charge is -2.20. The van der Waals surface area contributed by atoms with Crippen molar-refractivity contribution in [3.63, 3.8) is 0 Å². The van der Waals surface area contributed by atoms with Gasteiger partial charge in [0.05, 0.1) is 6.61 Å². The van der Waals surface area contributed by atoms with E-state index in [1.54, 1.807) is 0 Å². The van der Waals surface area contributed by atoms with Crippen molar-refractivity contribution in [3.05, 3.63) is 71.8 Å². The molecular formula is C18H19NO4. The molecule has 0 fully saturated rings. The predicted octanol–water partition coefficient (Wildman–Crippen LogP) is 2.32. The first-order valence-corrected chi connectivity index (χ1v) is 7.30. The van der Waals surface area contributed by atoms with Gasteiger partial charge in [-0.2, -0.15) is 0 Å². The van der Waals surface area contributed by atoms with Gasteiger partial charge in [-0.15, -0.1) is 0 Å². The van der Waals surface area contributed by atoms with E-state index in [0.29, 0.717) is 6.61 Å². The maximum absolute atomic E-state index is 12.2. The largest absolute Gasteiger partial charge is 0.480 e. The molecule has 0 aliphatic heterocycles. The Kier molecular flexibility index (Phi) is 6.32. The van der Waals surface area contributed by atoms with Crippen molar-refractivity contribution < 1.29 is 19.4 Å². The monoisotopic (exact) mass is 313 g/mol. The lowest BCUT2D eigenvalue weighted by atomic mass is 10.2. The van der Waals surface area contributed by atoms with Crippen LogP contribution in [0.3, 0.4) is 0 Å². The van der Waals surface area contributed by atoms with Crippen molar-refractivity contribution in [1.82, 2.24) is 4.90 Å². The molecule has 23 heavy (non-hydrogen) atoms. The SMILES string of the molecule is O=C(O)CN(Cc1ccccc1)C(=O)COCc1ccccc1. The van der Waals surface area contributed by atoms with Gasteiger partial charge in [0.2, 0.25) is 5.91 Å². The molecule has 0 unspecified atom stereocenters. The number of carboxylic acid groups (broad SMARTS) is 1. The summed E-state index contributed by atoms with van der Waals surface area (Å²) in [6, 6.07) is 18.8. The molecule has 0 aromatic heterocycles. The molecule has 120 valence electrons. The summed E-state index contributed by atoms with van der Waals surface area (Å²) in [5, 5.41) is 8.98. The second-order valence-corrected chi connectivity index (χ2v) is 5.11. The number of ether oxygens (including phenoxy) is 1. The first-order chi connectivity index (χ1) is 11.1. The first kappa shape index (κ1) is 16.7. The lowest BCUT2D eigenvalue weighted by Crippen LogP contribution is -2.37. The molecule has 0 atom stereocenters. The zero-order valence-corrected chi connectivity index (χ0v) is 12.7. The number of aliphatic carboxylic acids is 1. The van der Waals surface area contributed by atoms with Crippen LogP contribution < -0.4 is 0 Å². The molecule has 0 aliphatic rings. The van der Waals surface area contributed by atoms with Crippen LogP contribution in [-0.4, -0.2) is 35.0 Å². The van der Waals surface area contributed by atoms with E-state index in [2.05, 4.69) is 0 Å². The molecular weight excluding hydrogens is 294 g/mol. The summed E-state index contributed by atoms with van der Waals surface area (Å²) in [4.78, 5) is 24.5. The molecule has 0 saturated carbocycles. The van der Waals surface area contributed by atoms with Crippen molar-refractivity contribution in [3.8, 4) is 0 Å². The van der Waals surface area contributed by atoms with Gasteiger partial charge in [0.15, 0.2) is 0 Å². The third-order valence-electron chi connectivity index (χ3n) is 3.23. The Balaban J connectivity index is 1.89. The molecule has 0 spiro atoms. The number of amides is 1. The minimum atomic E-state index is -1.04.